The number of nitrogens with zero attached hydrogens (tertiary/aromatic N) is 2. The van der Waals surface area contributed by atoms with Crippen LogP contribution in [0.1, 0.15) is 5.56 Å². The summed E-state index contributed by atoms with van der Waals surface area (Å²) in [4.78, 5) is 4.34. The van der Waals surface area contributed by atoms with Crippen LogP contribution in [0.25, 0.3) is 22.4 Å². The highest BCUT2D eigenvalue weighted by Crippen LogP contribution is 2.28. The fraction of sp³-hybridized carbons (Fsp3) is 0.0526. The molecule has 0 fully saturated rings. The third kappa shape index (κ3) is 3.24. The lowest BCUT2D eigenvalue weighted by molar-refractivity contribution is 0.628. The summed E-state index contributed by atoms with van der Waals surface area (Å²) in [5.74, 6) is -0.694. The zero-order chi connectivity index (χ0) is 16.2. The number of aromatic nitrogens is 1. The van der Waals surface area contributed by atoms with Gasteiger partial charge in [-0.25, -0.2) is 8.78 Å². The molecule has 0 aliphatic rings. The Morgan fingerprint density at radius 1 is 0.913 bits per heavy atom. The van der Waals surface area contributed by atoms with E-state index in [4.69, 9.17) is 5.26 Å². The predicted octanol–water partition coefficient (Wildman–Crippen LogP) is 4.76. The molecule has 0 spiro atoms. The summed E-state index contributed by atoms with van der Waals surface area (Å²) >= 11 is 0. The third-order valence-corrected chi connectivity index (χ3v) is 3.52. The van der Waals surface area contributed by atoms with Gasteiger partial charge in [-0.05, 0) is 41.5 Å². The van der Waals surface area contributed by atoms with Gasteiger partial charge in [0.05, 0.1) is 18.2 Å². The van der Waals surface area contributed by atoms with Crippen LogP contribution in [0.2, 0.25) is 0 Å². The molecule has 2 aromatic carbocycles. The standard InChI is InChI=1S/C19H12F2N2/c20-16-5-1-3-13(9-16)18-12-23-19(11-14(18)7-8-22)15-4-2-6-17(21)10-15/h1-6,9-12H,7H2. The SMILES string of the molecule is N#CCc1cc(-c2cccc(F)c2)ncc1-c1cccc(F)c1. The van der Waals surface area contributed by atoms with Crippen molar-refractivity contribution < 1.29 is 8.78 Å². The van der Waals surface area contributed by atoms with Crippen LogP contribution in [0.4, 0.5) is 8.78 Å². The van der Waals surface area contributed by atoms with E-state index in [1.807, 2.05) is 0 Å². The molecule has 0 saturated heterocycles. The van der Waals surface area contributed by atoms with Crippen molar-refractivity contribution in [1.82, 2.24) is 4.98 Å². The van der Waals surface area contributed by atoms with Crippen LogP contribution in [0, 0.1) is 23.0 Å². The summed E-state index contributed by atoms with van der Waals surface area (Å²) in [6.07, 6.45) is 1.76. The molecule has 112 valence electrons. The first-order valence-corrected chi connectivity index (χ1v) is 7.05. The van der Waals surface area contributed by atoms with Crippen LogP contribution in [0.3, 0.4) is 0 Å². The highest BCUT2D eigenvalue weighted by Gasteiger charge is 2.10. The summed E-state index contributed by atoms with van der Waals surface area (Å²) in [5.41, 5.74) is 3.30. The lowest BCUT2D eigenvalue weighted by Gasteiger charge is -2.10. The Morgan fingerprint density at radius 3 is 2.22 bits per heavy atom. The largest absolute Gasteiger partial charge is 0.256 e. The predicted molar refractivity (Wildman–Crippen MR) is 84.3 cm³/mol. The molecule has 0 unspecified atom stereocenters. The Bertz CT molecular complexity index is 898. The van der Waals surface area contributed by atoms with Gasteiger partial charge in [0.1, 0.15) is 11.6 Å². The van der Waals surface area contributed by atoms with Gasteiger partial charge in [-0.1, -0.05) is 24.3 Å². The monoisotopic (exact) mass is 306 g/mol. The van der Waals surface area contributed by atoms with Crippen molar-refractivity contribution >= 4 is 0 Å². The van der Waals surface area contributed by atoms with E-state index in [2.05, 4.69) is 11.1 Å². The number of pyridine rings is 1. The van der Waals surface area contributed by atoms with Crippen LogP contribution in [-0.4, -0.2) is 4.98 Å². The van der Waals surface area contributed by atoms with Gasteiger partial charge < -0.3 is 0 Å². The Balaban J connectivity index is 2.11. The van der Waals surface area contributed by atoms with Crippen molar-refractivity contribution in [3.05, 3.63) is 78.0 Å². The van der Waals surface area contributed by atoms with Gasteiger partial charge in [-0.15, -0.1) is 0 Å². The zero-order valence-electron chi connectivity index (χ0n) is 12.1. The summed E-state index contributed by atoms with van der Waals surface area (Å²) in [7, 11) is 0. The van der Waals surface area contributed by atoms with Crippen molar-refractivity contribution in [3.8, 4) is 28.5 Å². The van der Waals surface area contributed by atoms with E-state index in [9.17, 15) is 8.78 Å². The fourth-order valence-corrected chi connectivity index (χ4v) is 2.45. The molecule has 0 amide bonds. The molecule has 0 aliphatic carbocycles. The minimum absolute atomic E-state index is 0.163. The number of nitriles is 1. The highest BCUT2D eigenvalue weighted by atomic mass is 19.1. The summed E-state index contributed by atoms with van der Waals surface area (Å²) in [6, 6.07) is 16.1. The molecule has 0 radical (unpaired) electrons. The van der Waals surface area contributed by atoms with Crippen molar-refractivity contribution in [1.29, 1.82) is 5.26 Å². The maximum atomic E-state index is 13.4. The lowest BCUT2D eigenvalue weighted by atomic mass is 9.98. The second-order valence-electron chi connectivity index (χ2n) is 5.08. The summed E-state index contributed by atoms with van der Waals surface area (Å²) in [6.45, 7) is 0. The molecule has 2 nitrogen and oxygen atoms in total. The van der Waals surface area contributed by atoms with E-state index in [1.165, 1.54) is 24.3 Å². The third-order valence-electron chi connectivity index (χ3n) is 3.52. The van der Waals surface area contributed by atoms with Crippen molar-refractivity contribution in [2.24, 2.45) is 0 Å². The summed E-state index contributed by atoms with van der Waals surface area (Å²) < 4.78 is 26.8. The van der Waals surface area contributed by atoms with E-state index in [0.29, 0.717) is 22.4 Å². The molecule has 0 atom stereocenters. The van der Waals surface area contributed by atoms with E-state index in [1.54, 1.807) is 36.5 Å². The van der Waals surface area contributed by atoms with Crippen LogP contribution < -0.4 is 0 Å². The van der Waals surface area contributed by atoms with Gasteiger partial charge in [-0.3, -0.25) is 4.98 Å². The minimum Gasteiger partial charge on any atom is -0.256 e. The molecule has 1 aromatic heterocycles. The first kappa shape index (κ1) is 14.9. The van der Waals surface area contributed by atoms with Gasteiger partial charge in [-0.2, -0.15) is 5.26 Å². The van der Waals surface area contributed by atoms with E-state index in [0.717, 1.165) is 5.56 Å². The minimum atomic E-state index is -0.348. The van der Waals surface area contributed by atoms with Gasteiger partial charge in [0.25, 0.3) is 0 Å². The molecule has 23 heavy (non-hydrogen) atoms. The van der Waals surface area contributed by atoms with Crippen LogP contribution >= 0.6 is 0 Å². The van der Waals surface area contributed by atoms with Crippen molar-refractivity contribution in [3.63, 3.8) is 0 Å². The molecule has 0 saturated carbocycles. The fourth-order valence-electron chi connectivity index (χ4n) is 2.45. The Kier molecular flexibility index (Phi) is 4.11. The molecule has 1 heterocycles. The lowest BCUT2D eigenvalue weighted by Crippen LogP contribution is -1.94. The van der Waals surface area contributed by atoms with Gasteiger partial charge >= 0.3 is 0 Å². The number of halogens is 2. The van der Waals surface area contributed by atoms with E-state index < -0.39 is 0 Å². The van der Waals surface area contributed by atoms with Gasteiger partial charge in [0, 0.05) is 17.3 Å². The Morgan fingerprint density at radius 2 is 1.57 bits per heavy atom. The van der Waals surface area contributed by atoms with Crippen LogP contribution in [0.5, 0.6) is 0 Å². The second-order valence-corrected chi connectivity index (χ2v) is 5.08. The molecular formula is C19H12F2N2. The molecule has 0 N–H and O–H groups in total. The van der Waals surface area contributed by atoms with E-state index in [-0.39, 0.29) is 18.1 Å². The normalized spacial score (nSPS) is 10.3. The van der Waals surface area contributed by atoms with Gasteiger partial charge in [0.2, 0.25) is 0 Å². The smallest absolute Gasteiger partial charge is 0.123 e. The summed E-state index contributed by atoms with van der Waals surface area (Å²) in [5, 5.41) is 9.05. The Hall–Kier alpha value is -3.06. The van der Waals surface area contributed by atoms with Crippen LogP contribution in [0.15, 0.2) is 60.8 Å². The quantitative estimate of drug-likeness (QED) is 0.699. The maximum absolute atomic E-state index is 13.4. The number of hydrogen-bond acceptors (Lipinski definition) is 2. The van der Waals surface area contributed by atoms with Crippen molar-refractivity contribution in [2.75, 3.05) is 0 Å². The van der Waals surface area contributed by atoms with Crippen molar-refractivity contribution in [2.45, 2.75) is 6.42 Å². The first-order chi connectivity index (χ1) is 11.2. The molecular weight excluding hydrogens is 294 g/mol. The van der Waals surface area contributed by atoms with Gasteiger partial charge in [0.15, 0.2) is 0 Å². The molecule has 4 heteroatoms. The topological polar surface area (TPSA) is 36.7 Å². The maximum Gasteiger partial charge on any atom is 0.123 e. The number of hydrogen-bond donors (Lipinski definition) is 0. The Labute approximate surface area is 132 Å². The zero-order valence-corrected chi connectivity index (χ0v) is 12.1. The number of benzene rings is 2. The van der Waals surface area contributed by atoms with E-state index >= 15 is 0 Å². The average Bonchev–Trinajstić information content (AvgIpc) is 2.55. The molecule has 0 bridgehead atoms. The molecule has 3 rings (SSSR count). The van der Waals surface area contributed by atoms with Crippen LogP contribution in [-0.2, 0) is 6.42 Å². The molecule has 3 aromatic rings. The first-order valence-electron chi connectivity index (χ1n) is 7.05. The number of rotatable bonds is 3. The highest BCUT2D eigenvalue weighted by molar-refractivity contribution is 5.71. The molecule has 0 aliphatic heterocycles. The second kappa shape index (κ2) is 6.37. The average molecular weight is 306 g/mol.